The monoisotopic (exact) mass is 268 g/mol. The number of carbonyl (C=O) groups is 1. The number of methoxy groups -OCH3 is 1. The number of ether oxygens (including phenoxy) is 1. The van der Waals surface area contributed by atoms with Crippen LogP contribution in [-0.4, -0.2) is 19.6 Å². The summed E-state index contributed by atoms with van der Waals surface area (Å²) in [5, 5.41) is 3.19. The summed E-state index contributed by atoms with van der Waals surface area (Å²) >= 11 is 0. The predicted molar refractivity (Wildman–Crippen MR) is 72.4 cm³/mol. The van der Waals surface area contributed by atoms with Crippen molar-refractivity contribution in [2.24, 2.45) is 5.73 Å². The van der Waals surface area contributed by atoms with Gasteiger partial charge in [-0.05, 0) is 32.0 Å². The first kappa shape index (κ1) is 15.4. The van der Waals surface area contributed by atoms with Crippen molar-refractivity contribution in [2.45, 2.75) is 32.2 Å². The van der Waals surface area contributed by atoms with E-state index in [4.69, 9.17) is 10.5 Å². The van der Waals surface area contributed by atoms with Crippen molar-refractivity contribution < 1.29 is 13.9 Å². The SMILES string of the molecule is CCCNC(C)(CC(N)=O)c1c(F)cccc1OC. The molecule has 106 valence electrons. The Hall–Kier alpha value is -1.62. The molecule has 0 bridgehead atoms. The summed E-state index contributed by atoms with van der Waals surface area (Å²) in [5.41, 5.74) is 4.75. The Morgan fingerprint density at radius 1 is 1.53 bits per heavy atom. The number of rotatable bonds is 7. The number of hydrogen-bond donors (Lipinski definition) is 2. The van der Waals surface area contributed by atoms with Gasteiger partial charge in [0.05, 0.1) is 18.2 Å². The molecule has 0 radical (unpaired) electrons. The molecule has 1 rings (SSSR count). The van der Waals surface area contributed by atoms with Crippen molar-refractivity contribution in [1.29, 1.82) is 0 Å². The molecule has 5 heteroatoms. The minimum atomic E-state index is -0.876. The lowest BCUT2D eigenvalue weighted by Crippen LogP contribution is -2.44. The van der Waals surface area contributed by atoms with E-state index >= 15 is 0 Å². The second-order valence-corrected chi connectivity index (χ2v) is 4.72. The number of carbonyl (C=O) groups excluding carboxylic acids is 1. The van der Waals surface area contributed by atoms with E-state index in [1.54, 1.807) is 19.1 Å². The van der Waals surface area contributed by atoms with Gasteiger partial charge in [-0.2, -0.15) is 0 Å². The molecule has 0 aliphatic carbocycles. The van der Waals surface area contributed by atoms with Gasteiger partial charge in [0.1, 0.15) is 11.6 Å². The number of amides is 1. The number of nitrogens with one attached hydrogen (secondary N) is 1. The average molecular weight is 268 g/mol. The van der Waals surface area contributed by atoms with Gasteiger partial charge >= 0.3 is 0 Å². The first-order chi connectivity index (χ1) is 8.94. The van der Waals surface area contributed by atoms with Gasteiger partial charge in [-0.3, -0.25) is 4.79 Å². The summed E-state index contributed by atoms with van der Waals surface area (Å²) in [6.45, 7) is 4.41. The molecule has 1 aromatic carbocycles. The lowest BCUT2D eigenvalue weighted by Gasteiger charge is -2.32. The number of primary amides is 1. The molecule has 0 fully saturated rings. The fourth-order valence-electron chi connectivity index (χ4n) is 2.20. The van der Waals surface area contributed by atoms with Crippen LogP contribution in [0.1, 0.15) is 32.3 Å². The number of nitrogens with two attached hydrogens (primary N) is 1. The van der Waals surface area contributed by atoms with Crippen LogP contribution in [0.15, 0.2) is 18.2 Å². The Labute approximate surface area is 113 Å². The molecule has 0 saturated carbocycles. The summed E-state index contributed by atoms with van der Waals surface area (Å²) in [4.78, 5) is 11.3. The molecule has 4 nitrogen and oxygen atoms in total. The van der Waals surface area contributed by atoms with E-state index in [2.05, 4.69) is 5.32 Å². The van der Waals surface area contributed by atoms with E-state index in [-0.39, 0.29) is 6.42 Å². The van der Waals surface area contributed by atoms with Crippen LogP contribution in [0, 0.1) is 5.82 Å². The zero-order valence-electron chi connectivity index (χ0n) is 11.6. The largest absolute Gasteiger partial charge is 0.496 e. The van der Waals surface area contributed by atoms with Crippen molar-refractivity contribution in [3.05, 3.63) is 29.6 Å². The van der Waals surface area contributed by atoms with Crippen LogP contribution >= 0.6 is 0 Å². The third-order valence-electron chi connectivity index (χ3n) is 3.04. The Kier molecular flexibility index (Phi) is 5.30. The van der Waals surface area contributed by atoms with Crippen LogP contribution in [0.25, 0.3) is 0 Å². The van der Waals surface area contributed by atoms with Crippen LogP contribution in [0.4, 0.5) is 4.39 Å². The molecular formula is C14H21FN2O2. The molecule has 0 aliphatic heterocycles. The van der Waals surface area contributed by atoms with E-state index in [1.165, 1.54) is 13.2 Å². The molecule has 1 amide bonds. The standard InChI is InChI=1S/C14H21FN2O2/c1-4-8-17-14(2,9-12(16)18)13-10(15)6-5-7-11(13)19-3/h5-7,17H,4,8-9H2,1-3H3,(H2,16,18). The van der Waals surface area contributed by atoms with Gasteiger partial charge in [0.25, 0.3) is 0 Å². The quantitative estimate of drug-likeness (QED) is 0.794. The highest BCUT2D eigenvalue weighted by molar-refractivity contribution is 5.75. The highest BCUT2D eigenvalue weighted by Crippen LogP contribution is 2.34. The van der Waals surface area contributed by atoms with Crippen molar-refractivity contribution in [3.8, 4) is 5.75 Å². The lowest BCUT2D eigenvalue weighted by molar-refractivity contribution is -0.119. The van der Waals surface area contributed by atoms with Gasteiger partial charge in [0, 0.05) is 6.42 Å². The topological polar surface area (TPSA) is 64.3 Å². The highest BCUT2D eigenvalue weighted by atomic mass is 19.1. The Morgan fingerprint density at radius 2 is 2.21 bits per heavy atom. The van der Waals surface area contributed by atoms with Gasteiger partial charge in [0.2, 0.25) is 5.91 Å². The zero-order valence-corrected chi connectivity index (χ0v) is 11.6. The normalized spacial score (nSPS) is 13.9. The molecule has 0 spiro atoms. The van der Waals surface area contributed by atoms with Crippen LogP contribution in [0.2, 0.25) is 0 Å². The maximum Gasteiger partial charge on any atom is 0.219 e. The summed E-state index contributed by atoms with van der Waals surface area (Å²) in [6, 6.07) is 4.60. The molecule has 0 saturated heterocycles. The number of hydrogen-bond acceptors (Lipinski definition) is 3. The van der Waals surface area contributed by atoms with E-state index in [0.29, 0.717) is 17.9 Å². The molecule has 1 atom stereocenters. The summed E-state index contributed by atoms with van der Waals surface area (Å²) in [7, 11) is 1.47. The zero-order chi connectivity index (χ0) is 14.5. The Morgan fingerprint density at radius 3 is 2.74 bits per heavy atom. The van der Waals surface area contributed by atoms with Gasteiger partial charge in [0.15, 0.2) is 0 Å². The molecule has 0 aliphatic rings. The van der Waals surface area contributed by atoms with Crippen molar-refractivity contribution in [2.75, 3.05) is 13.7 Å². The summed E-state index contributed by atoms with van der Waals surface area (Å²) in [5.74, 6) is -0.490. The third-order valence-corrected chi connectivity index (χ3v) is 3.04. The van der Waals surface area contributed by atoms with Crippen LogP contribution in [0.3, 0.4) is 0 Å². The van der Waals surface area contributed by atoms with Crippen molar-refractivity contribution in [1.82, 2.24) is 5.32 Å². The second-order valence-electron chi connectivity index (χ2n) is 4.72. The first-order valence-corrected chi connectivity index (χ1v) is 6.31. The van der Waals surface area contributed by atoms with Crippen LogP contribution in [-0.2, 0) is 10.3 Å². The Balaban J connectivity index is 3.27. The molecule has 3 N–H and O–H groups in total. The maximum atomic E-state index is 14.1. The molecule has 1 unspecified atom stereocenters. The molecule has 0 aromatic heterocycles. The highest BCUT2D eigenvalue weighted by Gasteiger charge is 2.33. The fraction of sp³-hybridized carbons (Fsp3) is 0.500. The molecular weight excluding hydrogens is 247 g/mol. The van der Waals surface area contributed by atoms with E-state index in [9.17, 15) is 9.18 Å². The fourth-order valence-corrected chi connectivity index (χ4v) is 2.20. The minimum absolute atomic E-state index is 0.00426. The average Bonchev–Trinajstić information content (AvgIpc) is 2.35. The van der Waals surface area contributed by atoms with Crippen LogP contribution < -0.4 is 15.8 Å². The van der Waals surface area contributed by atoms with Gasteiger partial charge in [-0.1, -0.05) is 13.0 Å². The van der Waals surface area contributed by atoms with Crippen LogP contribution in [0.5, 0.6) is 5.75 Å². The predicted octanol–water partition coefficient (Wildman–Crippen LogP) is 1.92. The number of benzene rings is 1. The minimum Gasteiger partial charge on any atom is -0.496 e. The molecule has 19 heavy (non-hydrogen) atoms. The molecule has 1 aromatic rings. The third kappa shape index (κ3) is 3.67. The van der Waals surface area contributed by atoms with E-state index in [1.807, 2.05) is 6.92 Å². The summed E-state index contributed by atoms with van der Waals surface area (Å²) in [6.07, 6.45) is 0.870. The van der Waals surface area contributed by atoms with Crippen molar-refractivity contribution >= 4 is 5.91 Å². The van der Waals surface area contributed by atoms with E-state index < -0.39 is 17.3 Å². The van der Waals surface area contributed by atoms with Crippen molar-refractivity contribution in [3.63, 3.8) is 0 Å². The Bertz CT molecular complexity index is 451. The summed E-state index contributed by atoms with van der Waals surface area (Å²) < 4.78 is 19.3. The lowest BCUT2D eigenvalue weighted by atomic mass is 9.86. The van der Waals surface area contributed by atoms with E-state index in [0.717, 1.165) is 6.42 Å². The first-order valence-electron chi connectivity index (χ1n) is 6.31. The van der Waals surface area contributed by atoms with Gasteiger partial charge < -0.3 is 15.8 Å². The number of halogens is 1. The maximum absolute atomic E-state index is 14.1. The smallest absolute Gasteiger partial charge is 0.219 e. The second kappa shape index (κ2) is 6.52. The van der Waals surface area contributed by atoms with Gasteiger partial charge in [-0.15, -0.1) is 0 Å². The van der Waals surface area contributed by atoms with Gasteiger partial charge in [-0.25, -0.2) is 4.39 Å². The molecule has 0 heterocycles.